The topological polar surface area (TPSA) is 72.9 Å². The van der Waals surface area contributed by atoms with Gasteiger partial charge in [-0.05, 0) is 23.6 Å². The average Bonchev–Trinajstić information content (AvgIpc) is 3.11. The van der Waals surface area contributed by atoms with Gasteiger partial charge in [-0.1, -0.05) is 24.3 Å². The number of aromatic nitrogens is 2. The molecule has 0 saturated carbocycles. The molecule has 0 fully saturated rings. The van der Waals surface area contributed by atoms with E-state index in [2.05, 4.69) is 10.4 Å². The summed E-state index contributed by atoms with van der Waals surface area (Å²) in [6.45, 7) is -0.314. The lowest BCUT2D eigenvalue weighted by molar-refractivity contribution is -0.137. The normalized spacial score (nSPS) is 20.0. The Labute approximate surface area is 136 Å². The Bertz CT molecular complexity index is 741. The van der Waals surface area contributed by atoms with Gasteiger partial charge in [-0.25, -0.2) is 0 Å². The van der Waals surface area contributed by atoms with Crippen molar-refractivity contribution in [1.29, 1.82) is 0 Å². The van der Waals surface area contributed by atoms with E-state index in [1.807, 2.05) is 24.3 Å². The van der Waals surface area contributed by atoms with Crippen LogP contribution in [0.2, 0.25) is 0 Å². The van der Waals surface area contributed by atoms with Gasteiger partial charge in [0.1, 0.15) is 5.69 Å². The fourth-order valence-electron chi connectivity index (χ4n) is 2.86. The molecule has 1 heterocycles. The van der Waals surface area contributed by atoms with E-state index in [0.29, 0.717) is 6.42 Å². The van der Waals surface area contributed by atoms with Crippen molar-refractivity contribution in [2.75, 3.05) is 0 Å². The number of nitrogens with zero attached hydrogens (tertiary/aromatic N) is 2. The quantitative estimate of drug-likeness (QED) is 0.897. The molecule has 24 heavy (non-hydrogen) atoms. The molecular weight excluding hydrogens is 321 g/mol. The van der Waals surface area contributed by atoms with Crippen molar-refractivity contribution in [2.24, 2.45) is 5.73 Å². The van der Waals surface area contributed by atoms with E-state index in [4.69, 9.17) is 5.73 Å². The van der Waals surface area contributed by atoms with Crippen LogP contribution in [0.3, 0.4) is 0 Å². The fraction of sp³-hybridized carbons (Fsp3) is 0.375. The van der Waals surface area contributed by atoms with Crippen LogP contribution in [0.25, 0.3) is 0 Å². The molecule has 3 N–H and O–H groups in total. The van der Waals surface area contributed by atoms with Crippen LogP contribution < -0.4 is 11.1 Å². The predicted molar refractivity (Wildman–Crippen MR) is 81.2 cm³/mol. The highest BCUT2D eigenvalue weighted by Crippen LogP contribution is 2.29. The van der Waals surface area contributed by atoms with E-state index in [-0.39, 0.29) is 24.3 Å². The highest BCUT2D eigenvalue weighted by molar-refractivity contribution is 5.92. The summed E-state index contributed by atoms with van der Waals surface area (Å²) >= 11 is 0. The Morgan fingerprint density at radius 3 is 2.79 bits per heavy atom. The summed E-state index contributed by atoms with van der Waals surface area (Å²) in [5, 5.41) is 6.71. The number of nitrogens with two attached hydrogens (primary N) is 1. The molecular formula is C16H17F3N4O. The molecule has 0 spiro atoms. The second kappa shape index (κ2) is 6.27. The Balaban J connectivity index is 1.61. The van der Waals surface area contributed by atoms with Crippen molar-refractivity contribution in [2.45, 2.75) is 37.6 Å². The Morgan fingerprint density at radius 1 is 1.33 bits per heavy atom. The minimum absolute atomic E-state index is 0.0836. The Morgan fingerprint density at radius 2 is 2.08 bits per heavy atom. The van der Waals surface area contributed by atoms with E-state index in [1.54, 1.807) is 0 Å². The van der Waals surface area contributed by atoms with E-state index in [1.165, 1.54) is 12.3 Å². The zero-order chi connectivity index (χ0) is 17.3. The van der Waals surface area contributed by atoms with Gasteiger partial charge in [0.15, 0.2) is 0 Å². The zero-order valence-corrected chi connectivity index (χ0v) is 12.8. The number of halogens is 3. The van der Waals surface area contributed by atoms with Crippen molar-refractivity contribution >= 4 is 5.91 Å². The van der Waals surface area contributed by atoms with Crippen LogP contribution in [0.1, 0.15) is 34.1 Å². The van der Waals surface area contributed by atoms with Gasteiger partial charge in [0, 0.05) is 12.7 Å². The number of fused-ring (bicyclic) bond motifs is 1. The third kappa shape index (κ3) is 3.59. The molecule has 1 amide bonds. The molecule has 0 bridgehead atoms. The summed E-state index contributed by atoms with van der Waals surface area (Å²) in [4.78, 5) is 12.2. The largest absolute Gasteiger partial charge is 0.390 e. The minimum atomic E-state index is -4.25. The van der Waals surface area contributed by atoms with Crippen LogP contribution in [0, 0.1) is 0 Å². The van der Waals surface area contributed by atoms with Gasteiger partial charge in [-0.15, -0.1) is 0 Å². The summed E-state index contributed by atoms with van der Waals surface area (Å²) in [7, 11) is 0. The molecule has 0 unspecified atom stereocenters. The minimum Gasteiger partial charge on any atom is -0.346 e. The molecule has 0 saturated heterocycles. The van der Waals surface area contributed by atoms with Crippen LogP contribution in [-0.4, -0.2) is 27.9 Å². The maximum atomic E-state index is 12.2. The number of nitrogens with one attached hydrogen (secondary N) is 1. The molecule has 3 rings (SSSR count). The van der Waals surface area contributed by atoms with Gasteiger partial charge in [0.05, 0.1) is 18.5 Å². The Hall–Kier alpha value is -2.35. The van der Waals surface area contributed by atoms with E-state index >= 15 is 0 Å². The molecule has 2 atom stereocenters. The predicted octanol–water partition coefficient (Wildman–Crippen LogP) is 2.19. The van der Waals surface area contributed by atoms with Crippen LogP contribution >= 0.6 is 0 Å². The number of amides is 1. The first-order valence-corrected chi connectivity index (χ1v) is 7.58. The zero-order valence-electron chi connectivity index (χ0n) is 12.8. The third-order valence-electron chi connectivity index (χ3n) is 4.10. The third-order valence-corrected chi connectivity index (χ3v) is 4.10. The molecule has 128 valence electrons. The number of rotatable bonds is 4. The van der Waals surface area contributed by atoms with Crippen molar-refractivity contribution < 1.29 is 18.0 Å². The number of alkyl halides is 3. The second-order valence-corrected chi connectivity index (χ2v) is 5.84. The first-order chi connectivity index (χ1) is 11.3. The highest BCUT2D eigenvalue weighted by atomic mass is 19.4. The van der Waals surface area contributed by atoms with E-state index < -0.39 is 18.5 Å². The van der Waals surface area contributed by atoms with Gasteiger partial charge in [0.2, 0.25) is 0 Å². The molecule has 1 aromatic carbocycles. The monoisotopic (exact) mass is 338 g/mol. The number of carbonyl (C=O) groups excluding carboxylic acids is 1. The SMILES string of the molecule is N[C@@H]1c2ccccc2C[C@H]1NC(=O)c1ccn(CCC(F)(F)F)n1. The van der Waals surface area contributed by atoms with Gasteiger partial charge >= 0.3 is 6.18 Å². The summed E-state index contributed by atoms with van der Waals surface area (Å²) in [6.07, 6.45) is -3.25. The first-order valence-electron chi connectivity index (χ1n) is 7.58. The van der Waals surface area contributed by atoms with Gasteiger partial charge < -0.3 is 11.1 Å². The number of benzene rings is 1. The maximum Gasteiger partial charge on any atom is 0.390 e. The summed E-state index contributed by atoms with van der Waals surface area (Å²) < 4.78 is 37.8. The number of carbonyl (C=O) groups is 1. The van der Waals surface area contributed by atoms with Crippen LogP contribution in [0.5, 0.6) is 0 Å². The number of hydrogen-bond acceptors (Lipinski definition) is 3. The summed E-state index contributed by atoms with van der Waals surface area (Å²) in [6, 6.07) is 8.54. The summed E-state index contributed by atoms with van der Waals surface area (Å²) in [5.41, 5.74) is 8.32. The molecule has 1 aliphatic rings. The first kappa shape index (κ1) is 16.5. The molecule has 2 aromatic rings. The average molecular weight is 338 g/mol. The van der Waals surface area contributed by atoms with Gasteiger partial charge in [-0.2, -0.15) is 18.3 Å². The van der Waals surface area contributed by atoms with Crippen molar-refractivity contribution in [3.05, 3.63) is 53.3 Å². The van der Waals surface area contributed by atoms with Gasteiger partial charge in [-0.3, -0.25) is 9.48 Å². The molecule has 8 heteroatoms. The van der Waals surface area contributed by atoms with Crippen LogP contribution in [-0.2, 0) is 13.0 Å². The van der Waals surface area contributed by atoms with Crippen LogP contribution in [0.15, 0.2) is 36.5 Å². The molecule has 5 nitrogen and oxygen atoms in total. The standard InChI is InChI=1S/C16H17F3N4O/c17-16(18,19)6-8-23-7-5-12(22-23)15(24)21-13-9-10-3-1-2-4-11(10)14(13)20/h1-5,7,13-14H,6,8-9,20H2,(H,21,24)/t13-,14-/m1/s1. The van der Waals surface area contributed by atoms with Crippen molar-refractivity contribution in [3.63, 3.8) is 0 Å². The van der Waals surface area contributed by atoms with Crippen molar-refractivity contribution in [3.8, 4) is 0 Å². The lowest BCUT2D eigenvalue weighted by Crippen LogP contribution is -2.40. The number of aryl methyl sites for hydroxylation is 1. The van der Waals surface area contributed by atoms with Gasteiger partial charge in [0.25, 0.3) is 5.91 Å². The molecule has 1 aromatic heterocycles. The maximum absolute atomic E-state index is 12.2. The number of hydrogen-bond donors (Lipinski definition) is 2. The summed E-state index contributed by atoms with van der Waals surface area (Å²) in [5.74, 6) is -0.436. The lowest BCUT2D eigenvalue weighted by atomic mass is 10.1. The Kier molecular flexibility index (Phi) is 4.31. The molecule has 0 aliphatic heterocycles. The highest BCUT2D eigenvalue weighted by Gasteiger charge is 2.31. The van der Waals surface area contributed by atoms with Crippen LogP contribution in [0.4, 0.5) is 13.2 Å². The van der Waals surface area contributed by atoms with Crippen molar-refractivity contribution in [1.82, 2.24) is 15.1 Å². The van der Waals surface area contributed by atoms with E-state index in [0.717, 1.165) is 15.8 Å². The fourth-order valence-corrected chi connectivity index (χ4v) is 2.86. The smallest absolute Gasteiger partial charge is 0.346 e. The van der Waals surface area contributed by atoms with E-state index in [9.17, 15) is 18.0 Å². The molecule has 1 aliphatic carbocycles. The molecule has 0 radical (unpaired) electrons. The lowest BCUT2D eigenvalue weighted by Gasteiger charge is -2.17. The second-order valence-electron chi connectivity index (χ2n) is 5.84.